The Hall–Kier alpha value is -1.99. The number of hydrogen-bond acceptors (Lipinski definition) is 5. The Labute approximate surface area is 151 Å². The molecule has 1 aliphatic rings. The zero-order chi connectivity index (χ0) is 17.5. The summed E-state index contributed by atoms with van der Waals surface area (Å²) in [6.07, 6.45) is 2.59. The summed E-state index contributed by atoms with van der Waals surface area (Å²) in [5.41, 5.74) is 5.65. The van der Waals surface area contributed by atoms with Gasteiger partial charge in [0.2, 0.25) is 5.91 Å². The first-order valence-corrected chi connectivity index (χ1v) is 7.93. The minimum atomic E-state index is -0.573. The maximum Gasteiger partial charge on any atom is 0.261 e. The molecule has 8 heteroatoms. The third kappa shape index (κ3) is 3.82. The van der Waals surface area contributed by atoms with E-state index in [4.69, 9.17) is 10.3 Å². The van der Waals surface area contributed by atoms with Gasteiger partial charge < -0.3 is 15.6 Å². The van der Waals surface area contributed by atoms with Crippen LogP contribution in [0, 0.1) is 11.2 Å². The molecule has 1 heterocycles. The number of nitrogens with two attached hydrogens (primary N) is 1. The number of amides is 1. The number of aromatic nitrogens is 2. The van der Waals surface area contributed by atoms with Crippen molar-refractivity contribution in [2.75, 3.05) is 5.32 Å². The Bertz CT molecular complexity index is 781. The normalized spacial score (nSPS) is 15.9. The molecular weight excluding hydrogens is 347 g/mol. The van der Waals surface area contributed by atoms with Crippen molar-refractivity contribution in [3.05, 3.63) is 29.8 Å². The molecule has 0 unspecified atom stereocenters. The van der Waals surface area contributed by atoms with E-state index in [0.29, 0.717) is 11.5 Å². The quantitative estimate of drug-likeness (QED) is 0.862. The molecule has 2 aromatic rings. The van der Waals surface area contributed by atoms with Crippen LogP contribution in [0.25, 0.3) is 11.5 Å². The SMILES string of the molecule is CC(C)(C)C(=O)Nc1ccc(F)c(-c2nc(C3(N)CCC3)no2)c1.Cl. The van der Waals surface area contributed by atoms with Gasteiger partial charge in [-0.2, -0.15) is 4.98 Å². The molecule has 0 spiro atoms. The predicted octanol–water partition coefficient (Wildman–Crippen LogP) is 3.62. The minimum absolute atomic E-state index is 0. The monoisotopic (exact) mass is 368 g/mol. The summed E-state index contributed by atoms with van der Waals surface area (Å²) in [6, 6.07) is 4.25. The van der Waals surface area contributed by atoms with Crippen LogP contribution in [-0.2, 0) is 10.3 Å². The molecule has 1 aromatic heterocycles. The molecule has 3 N–H and O–H groups in total. The van der Waals surface area contributed by atoms with Crippen molar-refractivity contribution in [3.63, 3.8) is 0 Å². The Morgan fingerprint density at radius 3 is 2.60 bits per heavy atom. The van der Waals surface area contributed by atoms with Crippen molar-refractivity contribution in [2.24, 2.45) is 11.1 Å². The van der Waals surface area contributed by atoms with Crippen LogP contribution < -0.4 is 11.1 Å². The molecule has 25 heavy (non-hydrogen) atoms. The van der Waals surface area contributed by atoms with Gasteiger partial charge in [-0.25, -0.2) is 4.39 Å². The Balaban J connectivity index is 0.00000225. The van der Waals surface area contributed by atoms with Crippen LogP contribution in [0.4, 0.5) is 10.1 Å². The molecule has 0 aliphatic heterocycles. The predicted molar refractivity (Wildman–Crippen MR) is 94.7 cm³/mol. The van der Waals surface area contributed by atoms with Gasteiger partial charge in [-0.3, -0.25) is 4.79 Å². The first-order chi connectivity index (χ1) is 11.2. The molecule has 3 rings (SSSR count). The van der Waals surface area contributed by atoms with E-state index in [1.807, 2.05) is 0 Å². The lowest BCUT2D eigenvalue weighted by atomic mass is 9.77. The van der Waals surface area contributed by atoms with Crippen LogP contribution in [0.3, 0.4) is 0 Å². The summed E-state index contributed by atoms with van der Waals surface area (Å²) in [6.45, 7) is 5.41. The van der Waals surface area contributed by atoms with E-state index in [1.54, 1.807) is 20.8 Å². The standard InChI is InChI=1S/C17H21FN4O2.ClH/c1-16(2,3)15(23)20-10-5-6-12(18)11(9-10)13-21-14(22-24-13)17(19)7-4-8-17;/h5-6,9H,4,7-8,19H2,1-3H3,(H,20,23);1H. The molecule has 1 aliphatic carbocycles. The number of benzene rings is 1. The van der Waals surface area contributed by atoms with Gasteiger partial charge in [0, 0.05) is 11.1 Å². The van der Waals surface area contributed by atoms with Gasteiger partial charge in [-0.05, 0) is 37.5 Å². The van der Waals surface area contributed by atoms with Crippen molar-refractivity contribution in [1.29, 1.82) is 0 Å². The minimum Gasteiger partial charge on any atom is -0.334 e. The summed E-state index contributed by atoms with van der Waals surface area (Å²) in [5, 5.41) is 6.65. The van der Waals surface area contributed by atoms with Gasteiger partial charge in [-0.15, -0.1) is 12.4 Å². The van der Waals surface area contributed by atoms with E-state index >= 15 is 0 Å². The lowest BCUT2D eigenvalue weighted by molar-refractivity contribution is -0.123. The van der Waals surface area contributed by atoms with Gasteiger partial charge in [0.1, 0.15) is 5.82 Å². The second-order valence-corrected chi connectivity index (χ2v) is 7.33. The number of carbonyl (C=O) groups is 1. The van der Waals surface area contributed by atoms with Crippen molar-refractivity contribution in [3.8, 4) is 11.5 Å². The Kier molecular flexibility index (Phi) is 5.20. The van der Waals surface area contributed by atoms with Crippen molar-refractivity contribution in [1.82, 2.24) is 10.1 Å². The number of carbonyl (C=O) groups excluding carboxylic acids is 1. The highest BCUT2D eigenvalue weighted by Crippen LogP contribution is 2.38. The molecule has 6 nitrogen and oxygen atoms in total. The van der Waals surface area contributed by atoms with Gasteiger partial charge in [0.25, 0.3) is 5.89 Å². The lowest BCUT2D eigenvalue weighted by Gasteiger charge is -2.34. The number of nitrogens with one attached hydrogen (secondary N) is 1. The average Bonchev–Trinajstić information content (AvgIpc) is 2.95. The van der Waals surface area contributed by atoms with Gasteiger partial charge >= 0.3 is 0 Å². The van der Waals surface area contributed by atoms with Crippen molar-refractivity contribution in [2.45, 2.75) is 45.6 Å². The largest absolute Gasteiger partial charge is 0.334 e. The summed E-state index contributed by atoms with van der Waals surface area (Å²) in [7, 11) is 0. The molecule has 0 saturated heterocycles. The first kappa shape index (κ1) is 19.3. The molecule has 0 atom stereocenters. The topological polar surface area (TPSA) is 94.0 Å². The molecule has 1 fully saturated rings. The maximum atomic E-state index is 14.2. The highest BCUT2D eigenvalue weighted by molar-refractivity contribution is 5.94. The second-order valence-electron chi connectivity index (χ2n) is 7.33. The maximum absolute atomic E-state index is 14.2. The fraction of sp³-hybridized carbons (Fsp3) is 0.471. The number of halogens is 2. The zero-order valence-electron chi connectivity index (χ0n) is 14.4. The molecule has 1 aromatic carbocycles. The van der Waals surface area contributed by atoms with E-state index in [-0.39, 0.29) is 29.8 Å². The lowest BCUT2D eigenvalue weighted by Crippen LogP contribution is -2.44. The molecule has 1 amide bonds. The van der Waals surface area contributed by atoms with Crippen LogP contribution in [0.5, 0.6) is 0 Å². The van der Waals surface area contributed by atoms with Crippen molar-refractivity contribution >= 4 is 24.0 Å². The zero-order valence-corrected chi connectivity index (χ0v) is 15.2. The van der Waals surface area contributed by atoms with E-state index in [2.05, 4.69) is 15.5 Å². The van der Waals surface area contributed by atoms with E-state index < -0.39 is 16.8 Å². The van der Waals surface area contributed by atoms with Crippen LogP contribution in [-0.4, -0.2) is 16.0 Å². The van der Waals surface area contributed by atoms with Crippen LogP contribution in [0.15, 0.2) is 22.7 Å². The van der Waals surface area contributed by atoms with Crippen LogP contribution >= 0.6 is 12.4 Å². The number of anilines is 1. The van der Waals surface area contributed by atoms with Crippen molar-refractivity contribution < 1.29 is 13.7 Å². The number of rotatable bonds is 3. The van der Waals surface area contributed by atoms with E-state index in [9.17, 15) is 9.18 Å². The summed E-state index contributed by atoms with van der Waals surface area (Å²) < 4.78 is 19.3. The molecule has 0 radical (unpaired) electrons. The molecular formula is C17H22ClFN4O2. The summed E-state index contributed by atoms with van der Waals surface area (Å²) in [4.78, 5) is 16.3. The fourth-order valence-corrected chi connectivity index (χ4v) is 2.40. The summed E-state index contributed by atoms with van der Waals surface area (Å²) in [5.74, 6) is -0.210. The van der Waals surface area contributed by atoms with Gasteiger partial charge in [0.05, 0.1) is 11.1 Å². The molecule has 136 valence electrons. The first-order valence-electron chi connectivity index (χ1n) is 7.93. The molecule has 1 saturated carbocycles. The average molecular weight is 369 g/mol. The summed E-state index contributed by atoms with van der Waals surface area (Å²) >= 11 is 0. The van der Waals surface area contributed by atoms with Gasteiger partial charge in [0.15, 0.2) is 5.82 Å². The second kappa shape index (κ2) is 6.72. The Morgan fingerprint density at radius 1 is 1.36 bits per heavy atom. The highest BCUT2D eigenvalue weighted by Gasteiger charge is 2.39. The van der Waals surface area contributed by atoms with Gasteiger partial charge in [-0.1, -0.05) is 25.9 Å². The highest BCUT2D eigenvalue weighted by atomic mass is 35.5. The number of nitrogens with zero attached hydrogens (tertiary/aromatic N) is 2. The third-order valence-corrected chi connectivity index (χ3v) is 4.25. The van der Waals surface area contributed by atoms with Crippen LogP contribution in [0.2, 0.25) is 0 Å². The van der Waals surface area contributed by atoms with E-state index in [1.165, 1.54) is 18.2 Å². The Morgan fingerprint density at radius 2 is 2.04 bits per heavy atom. The number of hydrogen-bond donors (Lipinski definition) is 2. The fourth-order valence-electron chi connectivity index (χ4n) is 2.40. The van der Waals surface area contributed by atoms with Crippen LogP contribution in [0.1, 0.15) is 45.9 Å². The molecule has 0 bridgehead atoms. The smallest absolute Gasteiger partial charge is 0.261 e. The van der Waals surface area contributed by atoms with E-state index in [0.717, 1.165) is 19.3 Å². The third-order valence-electron chi connectivity index (χ3n) is 4.25.